The molecular weight excluding hydrogens is 459 g/mol. The van der Waals surface area contributed by atoms with Crippen molar-refractivity contribution in [1.82, 2.24) is 16.0 Å². The second kappa shape index (κ2) is 13.5. The molecule has 7 nitrogen and oxygen atoms in total. The maximum Gasteiger partial charge on any atom is 0.221 e. The Labute approximate surface area is 180 Å². The number of carbonyl (C=O) groups is 1. The molecule has 1 saturated heterocycles. The highest BCUT2D eigenvalue weighted by Crippen LogP contribution is 2.32. The first-order valence-electron chi connectivity index (χ1n) is 10.2. The van der Waals surface area contributed by atoms with Crippen LogP contribution in [-0.4, -0.2) is 62.5 Å². The van der Waals surface area contributed by atoms with Crippen molar-refractivity contribution in [2.45, 2.75) is 64.3 Å². The van der Waals surface area contributed by atoms with Crippen LogP contribution in [0.3, 0.4) is 0 Å². The van der Waals surface area contributed by atoms with E-state index in [1.165, 1.54) is 19.3 Å². The van der Waals surface area contributed by atoms with Gasteiger partial charge in [0, 0.05) is 44.2 Å². The Bertz CT molecular complexity index is 450. The first kappa shape index (κ1) is 24.4. The zero-order valence-electron chi connectivity index (χ0n) is 16.6. The molecule has 1 heterocycles. The molecule has 0 aromatic heterocycles. The average molecular weight is 496 g/mol. The van der Waals surface area contributed by atoms with Gasteiger partial charge in [0.2, 0.25) is 5.91 Å². The van der Waals surface area contributed by atoms with E-state index in [1.54, 1.807) is 0 Å². The zero-order chi connectivity index (χ0) is 18.7. The lowest BCUT2D eigenvalue weighted by molar-refractivity contribution is -0.121. The molecule has 1 unspecified atom stereocenters. The van der Waals surface area contributed by atoms with Crippen molar-refractivity contribution < 1.29 is 14.6 Å². The van der Waals surface area contributed by atoms with Gasteiger partial charge in [0.25, 0.3) is 0 Å². The van der Waals surface area contributed by atoms with Gasteiger partial charge in [-0.2, -0.15) is 0 Å². The van der Waals surface area contributed by atoms with Gasteiger partial charge in [0.15, 0.2) is 5.96 Å². The summed E-state index contributed by atoms with van der Waals surface area (Å²) in [5.41, 5.74) is -0.0601. The number of amides is 1. The Balaban J connectivity index is 0.00000364. The van der Waals surface area contributed by atoms with Gasteiger partial charge < -0.3 is 25.8 Å². The SMILES string of the molecule is CCNC(=NCC1(CCO)CCOC1)NCCC(=O)NC1CCCCC1.I. The lowest BCUT2D eigenvalue weighted by atomic mass is 9.84. The molecule has 1 saturated carbocycles. The molecule has 2 rings (SSSR count). The molecule has 1 atom stereocenters. The highest BCUT2D eigenvalue weighted by molar-refractivity contribution is 14.0. The summed E-state index contributed by atoms with van der Waals surface area (Å²) in [7, 11) is 0. The third-order valence-electron chi connectivity index (χ3n) is 5.36. The first-order chi connectivity index (χ1) is 12.7. The number of aliphatic imine (C=N–C) groups is 1. The monoisotopic (exact) mass is 496 g/mol. The van der Waals surface area contributed by atoms with E-state index in [0.29, 0.717) is 38.6 Å². The Hall–Kier alpha value is -0.610. The second-order valence-corrected chi connectivity index (χ2v) is 7.55. The van der Waals surface area contributed by atoms with Crippen LogP contribution >= 0.6 is 24.0 Å². The van der Waals surface area contributed by atoms with Gasteiger partial charge in [-0.1, -0.05) is 19.3 Å². The average Bonchev–Trinajstić information content (AvgIpc) is 3.10. The summed E-state index contributed by atoms with van der Waals surface area (Å²) in [5, 5.41) is 18.9. The minimum atomic E-state index is -0.0601. The van der Waals surface area contributed by atoms with Crippen LogP contribution in [0.5, 0.6) is 0 Å². The topological polar surface area (TPSA) is 95.0 Å². The van der Waals surface area contributed by atoms with Crippen LogP contribution in [0.2, 0.25) is 0 Å². The standard InChI is InChI=1S/C19H36N4O3.HI/c1-2-20-18(22-14-19(9-12-24)10-13-26-15-19)21-11-8-17(25)23-16-6-4-3-5-7-16;/h16,24H,2-15H2,1H3,(H,23,25)(H2,20,21,22);1H. The fourth-order valence-electron chi connectivity index (χ4n) is 3.72. The predicted octanol–water partition coefficient (Wildman–Crippen LogP) is 1.79. The maximum absolute atomic E-state index is 12.1. The smallest absolute Gasteiger partial charge is 0.221 e. The van der Waals surface area contributed by atoms with Crippen molar-refractivity contribution in [3.05, 3.63) is 0 Å². The minimum absolute atomic E-state index is 0. The molecular formula is C19H37IN4O3. The molecule has 2 fully saturated rings. The van der Waals surface area contributed by atoms with Crippen LogP contribution in [0.25, 0.3) is 0 Å². The van der Waals surface area contributed by atoms with Crippen LogP contribution in [0.1, 0.15) is 58.3 Å². The minimum Gasteiger partial charge on any atom is -0.396 e. The summed E-state index contributed by atoms with van der Waals surface area (Å²) in [6, 6.07) is 0.360. The second-order valence-electron chi connectivity index (χ2n) is 7.55. The summed E-state index contributed by atoms with van der Waals surface area (Å²) in [5.74, 6) is 0.836. The third-order valence-corrected chi connectivity index (χ3v) is 5.36. The number of guanidine groups is 1. The number of rotatable bonds is 9. The fraction of sp³-hybridized carbons (Fsp3) is 0.895. The van der Waals surface area contributed by atoms with Crippen molar-refractivity contribution in [2.24, 2.45) is 10.4 Å². The molecule has 1 aliphatic heterocycles. The van der Waals surface area contributed by atoms with Crippen molar-refractivity contribution in [2.75, 3.05) is 39.5 Å². The largest absolute Gasteiger partial charge is 0.396 e. The van der Waals surface area contributed by atoms with Crippen LogP contribution in [0.4, 0.5) is 0 Å². The van der Waals surface area contributed by atoms with Crippen LogP contribution < -0.4 is 16.0 Å². The molecule has 0 bridgehead atoms. The van der Waals surface area contributed by atoms with E-state index in [0.717, 1.165) is 38.4 Å². The molecule has 0 aromatic carbocycles. The number of aliphatic hydroxyl groups excluding tert-OH is 1. The number of aliphatic hydroxyl groups is 1. The molecule has 4 N–H and O–H groups in total. The fourth-order valence-corrected chi connectivity index (χ4v) is 3.72. The number of nitrogens with zero attached hydrogens (tertiary/aromatic N) is 1. The Morgan fingerprint density at radius 3 is 2.67 bits per heavy atom. The van der Waals surface area contributed by atoms with E-state index < -0.39 is 0 Å². The van der Waals surface area contributed by atoms with Gasteiger partial charge in [-0.3, -0.25) is 9.79 Å². The number of hydrogen-bond donors (Lipinski definition) is 4. The number of nitrogens with one attached hydrogen (secondary N) is 3. The molecule has 0 aromatic rings. The van der Waals surface area contributed by atoms with Crippen molar-refractivity contribution in [3.8, 4) is 0 Å². The summed E-state index contributed by atoms with van der Waals surface area (Å²) in [4.78, 5) is 16.8. The summed E-state index contributed by atoms with van der Waals surface area (Å²) < 4.78 is 5.52. The predicted molar refractivity (Wildman–Crippen MR) is 119 cm³/mol. The zero-order valence-corrected chi connectivity index (χ0v) is 18.9. The third kappa shape index (κ3) is 8.95. The highest BCUT2D eigenvalue weighted by Gasteiger charge is 2.34. The van der Waals surface area contributed by atoms with Gasteiger partial charge in [-0.05, 0) is 32.6 Å². The van der Waals surface area contributed by atoms with Crippen LogP contribution in [0, 0.1) is 5.41 Å². The van der Waals surface area contributed by atoms with E-state index in [4.69, 9.17) is 4.74 Å². The Morgan fingerprint density at radius 1 is 1.26 bits per heavy atom. The number of ether oxygens (including phenoxy) is 1. The Kier molecular flexibility index (Phi) is 12.3. The van der Waals surface area contributed by atoms with Gasteiger partial charge in [-0.15, -0.1) is 24.0 Å². The molecule has 1 amide bonds. The molecule has 2 aliphatic rings. The van der Waals surface area contributed by atoms with Crippen LogP contribution in [0.15, 0.2) is 4.99 Å². The quantitative estimate of drug-likeness (QED) is 0.222. The first-order valence-corrected chi connectivity index (χ1v) is 10.2. The molecule has 0 spiro atoms. The Morgan fingerprint density at radius 2 is 2.04 bits per heavy atom. The maximum atomic E-state index is 12.1. The van der Waals surface area contributed by atoms with Crippen LogP contribution in [-0.2, 0) is 9.53 Å². The lowest BCUT2D eigenvalue weighted by Gasteiger charge is -2.25. The van der Waals surface area contributed by atoms with Crippen molar-refractivity contribution in [1.29, 1.82) is 0 Å². The number of halogens is 1. The number of hydrogen-bond acceptors (Lipinski definition) is 4. The lowest BCUT2D eigenvalue weighted by Crippen LogP contribution is -2.42. The van der Waals surface area contributed by atoms with E-state index in [1.807, 2.05) is 6.92 Å². The molecule has 158 valence electrons. The summed E-state index contributed by atoms with van der Waals surface area (Å²) in [6.45, 7) is 5.52. The van der Waals surface area contributed by atoms with Gasteiger partial charge in [-0.25, -0.2) is 0 Å². The summed E-state index contributed by atoms with van der Waals surface area (Å²) >= 11 is 0. The molecule has 8 heteroatoms. The number of carbonyl (C=O) groups excluding carboxylic acids is 1. The van der Waals surface area contributed by atoms with Crippen molar-refractivity contribution in [3.63, 3.8) is 0 Å². The van der Waals surface area contributed by atoms with E-state index in [9.17, 15) is 9.90 Å². The van der Waals surface area contributed by atoms with Crippen molar-refractivity contribution >= 4 is 35.8 Å². The van der Waals surface area contributed by atoms with E-state index in [-0.39, 0.29) is 41.9 Å². The molecule has 0 radical (unpaired) electrons. The normalized spacial score (nSPS) is 23.6. The highest BCUT2D eigenvalue weighted by atomic mass is 127. The van der Waals surface area contributed by atoms with Gasteiger partial charge in [0.05, 0.1) is 13.2 Å². The molecule has 1 aliphatic carbocycles. The van der Waals surface area contributed by atoms with Gasteiger partial charge in [0.1, 0.15) is 0 Å². The van der Waals surface area contributed by atoms with Gasteiger partial charge >= 0.3 is 0 Å². The van der Waals surface area contributed by atoms with E-state index >= 15 is 0 Å². The molecule has 27 heavy (non-hydrogen) atoms. The summed E-state index contributed by atoms with van der Waals surface area (Å²) in [6.07, 6.45) is 8.04. The van der Waals surface area contributed by atoms with E-state index in [2.05, 4.69) is 20.9 Å².